The van der Waals surface area contributed by atoms with Crippen molar-refractivity contribution in [1.29, 1.82) is 0 Å². The molecule has 1 N–H and O–H groups in total. The maximum Gasteiger partial charge on any atom is 0.224 e. The molecular formula is C20H29N7O. The maximum atomic E-state index is 12.7. The summed E-state index contributed by atoms with van der Waals surface area (Å²) in [6, 6.07) is 4.33. The van der Waals surface area contributed by atoms with Crippen molar-refractivity contribution in [1.82, 2.24) is 35.1 Å². The van der Waals surface area contributed by atoms with E-state index in [-0.39, 0.29) is 11.8 Å². The average molecular weight is 384 g/mol. The fraction of sp³-hybridized carbons (Fsp3) is 0.600. The predicted octanol–water partition coefficient (Wildman–Crippen LogP) is 0.762. The van der Waals surface area contributed by atoms with E-state index in [1.54, 1.807) is 12.4 Å². The molecule has 2 aromatic heterocycles. The minimum Gasteiger partial charge on any atom is -0.352 e. The zero-order chi connectivity index (χ0) is 19.5. The average Bonchev–Trinajstić information content (AvgIpc) is 3.13. The number of piperidine rings is 3. The Morgan fingerprint density at radius 1 is 1.39 bits per heavy atom. The van der Waals surface area contributed by atoms with Crippen LogP contribution in [0.3, 0.4) is 0 Å². The quantitative estimate of drug-likeness (QED) is 0.761. The number of pyridine rings is 1. The molecule has 4 atom stereocenters. The van der Waals surface area contributed by atoms with Crippen LogP contribution in [0.15, 0.2) is 30.7 Å². The molecule has 8 nitrogen and oxygen atoms in total. The molecule has 3 fully saturated rings. The van der Waals surface area contributed by atoms with Gasteiger partial charge in [0, 0.05) is 44.3 Å². The Hall–Kier alpha value is -2.32. The van der Waals surface area contributed by atoms with Crippen molar-refractivity contribution in [3.63, 3.8) is 0 Å². The van der Waals surface area contributed by atoms with Gasteiger partial charge in [-0.2, -0.15) is 0 Å². The molecule has 150 valence electrons. The highest BCUT2D eigenvalue weighted by molar-refractivity contribution is 5.79. The summed E-state index contributed by atoms with van der Waals surface area (Å²) < 4.78 is 1.96. The number of rotatable bonds is 7. The Balaban J connectivity index is 1.31. The third kappa shape index (κ3) is 4.39. The van der Waals surface area contributed by atoms with E-state index in [0.29, 0.717) is 18.5 Å². The van der Waals surface area contributed by atoms with E-state index >= 15 is 0 Å². The molecule has 0 saturated carbocycles. The van der Waals surface area contributed by atoms with E-state index in [0.717, 1.165) is 50.3 Å². The molecule has 1 unspecified atom stereocenters. The van der Waals surface area contributed by atoms with Crippen LogP contribution < -0.4 is 5.32 Å². The normalized spacial score (nSPS) is 26.5. The fourth-order valence-electron chi connectivity index (χ4n) is 4.49. The highest BCUT2D eigenvalue weighted by atomic mass is 16.1. The van der Waals surface area contributed by atoms with E-state index in [1.165, 1.54) is 0 Å². The lowest BCUT2D eigenvalue weighted by molar-refractivity contribution is -0.133. The number of nitrogens with one attached hydrogen (secondary N) is 1. The predicted molar refractivity (Wildman–Crippen MR) is 105 cm³/mol. The SMILES string of the molecule is CN(C)Cc1cn(C[C@H]2C[C@H]3CCN2C[C@@H]3C(=O)NCc2cccnc2)nn1. The van der Waals surface area contributed by atoms with Gasteiger partial charge in [-0.25, -0.2) is 0 Å². The number of hydrogen-bond acceptors (Lipinski definition) is 6. The lowest BCUT2D eigenvalue weighted by atomic mass is 9.75. The molecule has 0 aliphatic carbocycles. The number of nitrogens with zero attached hydrogens (tertiary/aromatic N) is 6. The van der Waals surface area contributed by atoms with Crippen molar-refractivity contribution in [2.45, 2.75) is 38.5 Å². The van der Waals surface area contributed by atoms with Crippen LogP contribution in [0.4, 0.5) is 0 Å². The van der Waals surface area contributed by atoms with Crippen LogP contribution in [0.1, 0.15) is 24.1 Å². The Labute approximate surface area is 165 Å². The molecular weight excluding hydrogens is 354 g/mol. The van der Waals surface area contributed by atoms with Crippen molar-refractivity contribution in [3.05, 3.63) is 42.0 Å². The number of hydrogen-bond donors (Lipinski definition) is 1. The van der Waals surface area contributed by atoms with Gasteiger partial charge in [-0.3, -0.25) is 19.4 Å². The third-order valence-corrected chi connectivity index (χ3v) is 5.87. The first-order valence-corrected chi connectivity index (χ1v) is 10.0. The molecule has 3 aliphatic rings. The van der Waals surface area contributed by atoms with Crippen LogP contribution in [0, 0.1) is 11.8 Å². The summed E-state index contributed by atoms with van der Waals surface area (Å²) in [5, 5.41) is 11.7. The van der Waals surface area contributed by atoms with Gasteiger partial charge in [0.05, 0.1) is 18.2 Å². The van der Waals surface area contributed by atoms with E-state index in [4.69, 9.17) is 0 Å². The van der Waals surface area contributed by atoms with Gasteiger partial charge in [0.2, 0.25) is 5.91 Å². The fourth-order valence-corrected chi connectivity index (χ4v) is 4.49. The Morgan fingerprint density at radius 3 is 3.00 bits per heavy atom. The van der Waals surface area contributed by atoms with Gasteiger partial charge in [-0.1, -0.05) is 11.3 Å². The standard InChI is InChI=1S/C20H29N7O/c1-25(2)11-17-12-27(24-23-17)13-18-8-16-5-7-26(18)14-19(16)20(28)22-10-15-4-3-6-21-9-15/h3-4,6,9,12,16,18-19H,5,7-8,10-11,13-14H2,1-2H3,(H,22,28)/t16-,18-,19+/m1/s1. The van der Waals surface area contributed by atoms with E-state index in [9.17, 15) is 4.79 Å². The van der Waals surface area contributed by atoms with Crippen molar-refractivity contribution in [2.75, 3.05) is 27.2 Å². The first kappa shape index (κ1) is 19.0. The molecule has 5 heterocycles. The summed E-state index contributed by atoms with van der Waals surface area (Å²) in [5.74, 6) is 0.710. The second-order valence-electron chi connectivity index (χ2n) is 8.29. The molecule has 28 heavy (non-hydrogen) atoms. The number of carbonyl (C=O) groups is 1. The first-order valence-electron chi connectivity index (χ1n) is 10.0. The highest BCUT2D eigenvalue weighted by Gasteiger charge is 2.43. The molecule has 5 rings (SSSR count). The van der Waals surface area contributed by atoms with Crippen LogP contribution in [-0.2, 0) is 24.4 Å². The van der Waals surface area contributed by atoms with Gasteiger partial charge in [-0.15, -0.1) is 5.10 Å². The van der Waals surface area contributed by atoms with Gasteiger partial charge in [0.15, 0.2) is 0 Å². The van der Waals surface area contributed by atoms with Gasteiger partial charge >= 0.3 is 0 Å². The molecule has 2 aromatic rings. The van der Waals surface area contributed by atoms with E-state index in [2.05, 4.69) is 30.4 Å². The summed E-state index contributed by atoms with van der Waals surface area (Å²) in [6.07, 6.45) is 7.74. The topological polar surface area (TPSA) is 79.2 Å². The van der Waals surface area contributed by atoms with Crippen molar-refractivity contribution >= 4 is 5.91 Å². The van der Waals surface area contributed by atoms with E-state index in [1.807, 2.05) is 37.1 Å². The van der Waals surface area contributed by atoms with Crippen LogP contribution >= 0.6 is 0 Å². The van der Waals surface area contributed by atoms with Crippen molar-refractivity contribution < 1.29 is 4.79 Å². The van der Waals surface area contributed by atoms with E-state index < -0.39 is 0 Å². The Kier molecular flexibility index (Phi) is 5.68. The van der Waals surface area contributed by atoms with Gasteiger partial charge in [0.25, 0.3) is 0 Å². The summed E-state index contributed by atoms with van der Waals surface area (Å²) in [5.41, 5.74) is 2.03. The third-order valence-electron chi connectivity index (χ3n) is 5.87. The maximum absolute atomic E-state index is 12.7. The largest absolute Gasteiger partial charge is 0.352 e. The van der Waals surface area contributed by atoms with Crippen LogP contribution in [-0.4, -0.2) is 68.9 Å². The zero-order valence-electron chi connectivity index (χ0n) is 16.7. The Morgan fingerprint density at radius 2 is 2.29 bits per heavy atom. The van der Waals surface area contributed by atoms with Gasteiger partial charge in [0.1, 0.15) is 0 Å². The van der Waals surface area contributed by atoms with Crippen molar-refractivity contribution in [2.24, 2.45) is 11.8 Å². The van der Waals surface area contributed by atoms with Gasteiger partial charge < -0.3 is 10.2 Å². The summed E-state index contributed by atoms with van der Waals surface area (Å²) in [4.78, 5) is 21.4. The van der Waals surface area contributed by atoms with Crippen molar-refractivity contribution in [3.8, 4) is 0 Å². The molecule has 0 radical (unpaired) electrons. The lowest BCUT2D eigenvalue weighted by Gasteiger charge is -2.49. The second kappa shape index (κ2) is 8.36. The number of aromatic nitrogens is 4. The summed E-state index contributed by atoms with van der Waals surface area (Å²) in [7, 11) is 4.06. The highest BCUT2D eigenvalue weighted by Crippen LogP contribution is 2.36. The molecule has 2 bridgehead atoms. The second-order valence-corrected chi connectivity index (χ2v) is 8.29. The minimum atomic E-state index is 0.0849. The number of carbonyl (C=O) groups excluding carboxylic acids is 1. The molecule has 1 amide bonds. The summed E-state index contributed by atoms with van der Waals surface area (Å²) >= 11 is 0. The minimum absolute atomic E-state index is 0.0849. The summed E-state index contributed by atoms with van der Waals surface area (Å²) in [6.45, 7) is 4.11. The van der Waals surface area contributed by atoms with Crippen LogP contribution in [0.25, 0.3) is 0 Å². The molecule has 0 aromatic carbocycles. The molecule has 0 spiro atoms. The molecule has 3 aliphatic heterocycles. The first-order chi connectivity index (χ1) is 13.6. The zero-order valence-corrected chi connectivity index (χ0v) is 16.7. The lowest BCUT2D eigenvalue weighted by Crippen LogP contribution is -2.58. The van der Waals surface area contributed by atoms with Gasteiger partial charge in [-0.05, 0) is 51.0 Å². The monoisotopic (exact) mass is 383 g/mol. The Bertz CT molecular complexity index is 791. The molecule has 8 heteroatoms. The number of amides is 1. The van der Waals surface area contributed by atoms with Crippen LogP contribution in [0.2, 0.25) is 0 Å². The molecule has 3 saturated heterocycles. The number of fused-ring (bicyclic) bond motifs is 3. The van der Waals surface area contributed by atoms with Crippen LogP contribution in [0.5, 0.6) is 0 Å². The smallest absolute Gasteiger partial charge is 0.224 e.